The SMILES string of the molecule is CCC1CCN(c2cccc(CN(NC)C(C)=N)c2)CC1. The summed E-state index contributed by atoms with van der Waals surface area (Å²) in [7, 11) is 1.86. The summed E-state index contributed by atoms with van der Waals surface area (Å²) in [6, 6.07) is 8.73. The minimum Gasteiger partial charge on any atom is -0.372 e. The van der Waals surface area contributed by atoms with Crippen LogP contribution >= 0.6 is 0 Å². The fourth-order valence-corrected chi connectivity index (χ4v) is 3.00. The number of nitrogens with zero attached hydrogens (tertiary/aromatic N) is 2. The van der Waals surface area contributed by atoms with Gasteiger partial charge in [0.25, 0.3) is 0 Å². The lowest BCUT2D eigenvalue weighted by molar-refractivity contribution is 0.327. The Morgan fingerprint density at radius 1 is 1.38 bits per heavy atom. The first kappa shape index (κ1) is 15.8. The first-order valence-electron chi connectivity index (χ1n) is 7.98. The van der Waals surface area contributed by atoms with E-state index >= 15 is 0 Å². The van der Waals surface area contributed by atoms with Crippen molar-refractivity contribution in [3.05, 3.63) is 29.8 Å². The van der Waals surface area contributed by atoms with Crippen LogP contribution in [-0.2, 0) is 6.54 Å². The first-order chi connectivity index (χ1) is 10.1. The van der Waals surface area contributed by atoms with Crippen molar-refractivity contribution in [2.45, 2.75) is 39.7 Å². The normalized spacial score (nSPS) is 16.0. The maximum atomic E-state index is 7.75. The predicted octanol–water partition coefficient (Wildman–Crippen LogP) is 3.25. The van der Waals surface area contributed by atoms with Crippen LogP contribution < -0.4 is 10.3 Å². The Morgan fingerprint density at radius 3 is 2.67 bits per heavy atom. The number of hydrogen-bond donors (Lipinski definition) is 2. The van der Waals surface area contributed by atoms with E-state index in [1.165, 1.54) is 43.6 Å². The van der Waals surface area contributed by atoms with Crippen LogP contribution in [0.3, 0.4) is 0 Å². The zero-order valence-electron chi connectivity index (χ0n) is 13.5. The summed E-state index contributed by atoms with van der Waals surface area (Å²) in [5.41, 5.74) is 5.62. The summed E-state index contributed by atoms with van der Waals surface area (Å²) in [6.07, 6.45) is 3.93. The Labute approximate surface area is 128 Å². The van der Waals surface area contributed by atoms with Gasteiger partial charge in [-0.3, -0.25) is 10.4 Å². The minimum atomic E-state index is 0.534. The van der Waals surface area contributed by atoms with E-state index in [4.69, 9.17) is 5.41 Å². The third-order valence-electron chi connectivity index (χ3n) is 4.48. The molecular formula is C17H28N4. The second-order valence-corrected chi connectivity index (χ2v) is 5.90. The molecule has 0 amide bonds. The van der Waals surface area contributed by atoms with Crippen LogP contribution in [0.4, 0.5) is 5.69 Å². The highest BCUT2D eigenvalue weighted by Crippen LogP contribution is 2.25. The van der Waals surface area contributed by atoms with Crippen molar-refractivity contribution in [2.75, 3.05) is 25.0 Å². The van der Waals surface area contributed by atoms with Crippen LogP contribution in [0.25, 0.3) is 0 Å². The van der Waals surface area contributed by atoms with E-state index in [1.54, 1.807) is 6.92 Å². The fourth-order valence-electron chi connectivity index (χ4n) is 3.00. The van der Waals surface area contributed by atoms with Crippen molar-refractivity contribution >= 4 is 11.5 Å². The molecule has 0 spiro atoms. The molecule has 4 heteroatoms. The van der Waals surface area contributed by atoms with Gasteiger partial charge in [0.1, 0.15) is 5.84 Å². The van der Waals surface area contributed by atoms with Gasteiger partial charge in [0.15, 0.2) is 0 Å². The topological polar surface area (TPSA) is 42.4 Å². The number of amidine groups is 1. The molecule has 21 heavy (non-hydrogen) atoms. The molecule has 1 saturated heterocycles. The Hall–Kier alpha value is -1.55. The van der Waals surface area contributed by atoms with Gasteiger partial charge in [0.2, 0.25) is 0 Å². The van der Waals surface area contributed by atoms with Gasteiger partial charge in [-0.1, -0.05) is 25.5 Å². The van der Waals surface area contributed by atoms with Gasteiger partial charge in [-0.15, -0.1) is 0 Å². The van der Waals surface area contributed by atoms with Crippen LogP contribution in [-0.4, -0.2) is 31.0 Å². The molecule has 116 valence electrons. The lowest BCUT2D eigenvalue weighted by Crippen LogP contribution is -2.38. The van der Waals surface area contributed by atoms with E-state index in [0.29, 0.717) is 5.84 Å². The van der Waals surface area contributed by atoms with Gasteiger partial charge in [-0.25, -0.2) is 5.43 Å². The molecule has 0 saturated carbocycles. The quantitative estimate of drug-likeness (QED) is 0.496. The Morgan fingerprint density at radius 2 is 2.10 bits per heavy atom. The van der Waals surface area contributed by atoms with E-state index < -0.39 is 0 Å². The largest absolute Gasteiger partial charge is 0.372 e. The molecule has 0 aliphatic carbocycles. The monoisotopic (exact) mass is 288 g/mol. The number of hydrogen-bond acceptors (Lipinski definition) is 3. The highest BCUT2D eigenvalue weighted by molar-refractivity contribution is 5.75. The fraction of sp³-hybridized carbons (Fsp3) is 0.588. The first-order valence-corrected chi connectivity index (χ1v) is 7.98. The molecule has 1 aliphatic heterocycles. The number of anilines is 1. The van der Waals surface area contributed by atoms with Crippen LogP contribution in [0.5, 0.6) is 0 Å². The van der Waals surface area contributed by atoms with E-state index in [0.717, 1.165) is 12.5 Å². The van der Waals surface area contributed by atoms with Crippen molar-refractivity contribution < 1.29 is 0 Å². The third kappa shape index (κ3) is 4.21. The molecule has 4 nitrogen and oxygen atoms in total. The number of nitrogens with one attached hydrogen (secondary N) is 2. The summed E-state index contributed by atoms with van der Waals surface area (Å²) < 4.78 is 0. The molecule has 0 radical (unpaired) electrons. The summed E-state index contributed by atoms with van der Waals surface area (Å²) in [6.45, 7) is 7.16. The molecule has 1 fully saturated rings. The molecule has 1 aromatic carbocycles. The van der Waals surface area contributed by atoms with Crippen LogP contribution in [0, 0.1) is 11.3 Å². The lowest BCUT2D eigenvalue weighted by Gasteiger charge is -2.33. The maximum absolute atomic E-state index is 7.75. The highest BCUT2D eigenvalue weighted by Gasteiger charge is 2.18. The molecule has 2 rings (SSSR count). The van der Waals surface area contributed by atoms with Gasteiger partial charge in [0.05, 0.1) is 6.54 Å². The minimum absolute atomic E-state index is 0.534. The van der Waals surface area contributed by atoms with E-state index in [-0.39, 0.29) is 0 Å². The maximum Gasteiger partial charge on any atom is 0.107 e. The molecule has 1 aromatic rings. The van der Waals surface area contributed by atoms with Gasteiger partial charge in [0, 0.05) is 25.8 Å². The molecule has 1 heterocycles. The summed E-state index contributed by atoms with van der Waals surface area (Å²) >= 11 is 0. The Kier molecular flexibility index (Phi) is 5.62. The molecule has 0 atom stereocenters. The molecule has 1 aliphatic rings. The Balaban J connectivity index is 2.02. The number of hydrazine groups is 1. The van der Waals surface area contributed by atoms with Gasteiger partial charge < -0.3 is 4.90 Å². The number of rotatable bonds is 5. The second kappa shape index (κ2) is 7.46. The zero-order valence-corrected chi connectivity index (χ0v) is 13.5. The van der Waals surface area contributed by atoms with Crippen LogP contribution in [0.2, 0.25) is 0 Å². The third-order valence-corrected chi connectivity index (χ3v) is 4.48. The summed E-state index contributed by atoms with van der Waals surface area (Å²) in [5, 5.41) is 9.60. The van der Waals surface area contributed by atoms with Crippen molar-refractivity contribution in [3.63, 3.8) is 0 Å². The standard InChI is InChI=1S/C17H28N4/c1-4-15-8-10-20(11-9-15)17-7-5-6-16(12-17)13-21(19-3)14(2)18/h5-7,12,15,18-19H,4,8-11,13H2,1-3H3. The Bertz CT molecular complexity index is 464. The molecule has 0 unspecified atom stereocenters. The van der Waals surface area contributed by atoms with E-state index in [1.807, 2.05) is 12.1 Å². The molecule has 0 bridgehead atoms. The van der Waals surface area contributed by atoms with Crippen LogP contribution in [0.15, 0.2) is 24.3 Å². The average molecular weight is 288 g/mol. The lowest BCUT2D eigenvalue weighted by atomic mass is 9.94. The van der Waals surface area contributed by atoms with Gasteiger partial charge >= 0.3 is 0 Å². The van der Waals surface area contributed by atoms with Crippen molar-refractivity contribution in [3.8, 4) is 0 Å². The average Bonchev–Trinajstić information content (AvgIpc) is 2.52. The smallest absolute Gasteiger partial charge is 0.107 e. The number of piperidine rings is 1. The molecular weight excluding hydrogens is 260 g/mol. The van der Waals surface area contributed by atoms with Crippen molar-refractivity contribution in [2.24, 2.45) is 5.92 Å². The second-order valence-electron chi connectivity index (χ2n) is 5.90. The molecule has 2 N–H and O–H groups in total. The van der Waals surface area contributed by atoms with E-state index in [9.17, 15) is 0 Å². The summed E-state index contributed by atoms with van der Waals surface area (Å²) in [4.78, 5) is 2.50. The van der Waals surface area contributed by atoms with Gasteiger partial charge in [-0.05, 0) is 43.4 Å². The van der Waals surface area contributed by atoms with Crippen LogP contribution in [0.1, 0.15) is 38.7 Å². The van der Waals surface area contributed by atoms with Crippen molar-refractivity contribution in [1.29, 1.82) is 5.41 Å². The molecule has 0 aromatic heterocycles. The number of benzene rings is 1. The zero-order chi connectivity index (χ0) is 15.2. The van der Waals surface area contributed by atoms with E-state index in [2.05, 4.69) is 41.5 Å². The highest BCUT2D eigenvalue weighted by atomic mass is 15.5. The van der Waals surface area contributed by atoms with Crippen molar-refractivity contribution in [1.82, 2.24) is 10.4 Å². The summed E-state index contributed by atoms with van der Waals surface area (Å²) in [5.74, 6) is 1.44. The van der Waals surface area contributed by atoms with Gasteiger partial charge in [-0.2, -0.15) is 0 Å². The predicted molar refractivity (Wildman–Crippen MR) is 89.7 cm³/mol.